The van der Waals surface area contributed by atoms with Gasteiger partial charge < -0.3 is 4.90 Å². The van der Waals surface area contributed by atoms with E-state index in [1.165, 1.54) is 0 Å². The molecule has 1 aliphatic heterocycles. The van der Waals surface area contributed by atoms with Gasteiger partial charge in [0.2, 0.25) is 0 Å². The lowest BCUT2D eigenvalue weighted by atomic mass is 10.3. The Morgan fingerprint density at radius 3 is 2.29 bits per heavy atom. The van der Waals surface area contributed by atoms with Gasteiger partial charge in [0.15, 0.2) is 0 Å². The van der Waals surface area contributed by atoms with Gasteiger partial charge in [0.05, 0.1) is 13.1 Å². The second-order valence-corrected chi connectivity index (χ2v) is 4.06. The molecule has 0 aromatic carbocycles. The molecule has 0 amide bonds. The monoisotopic (exact) mass is 200 g/mol. The van der Waals surface area contributed by atoms with E-state index in [0.717, 1.165) is 39.3 Å². The normalized spacial score (nSPS) is 18.9. The van der Waals surface area contributed by atoms with Crippen LogP contribution in [0.3, 0.4) is 0 Å². The van der Waals surface area contributed by atoms with Crippen LogP contribution in [0.15, 0.2) is 0 Å². The molecule has 1 aliphatic rings. The Labute approximate surface area is 86.0 Å². The van der Waals surface area contributed by atoms with Crippen LogP contribution in [-0.2, 0) is 0 Å². The van der Waals surface area contributed by atoms with Crippen molar-refractivity contribution in [2.75, 3.05) is 53.4 Å². The highest BCUT2D eigenvalue weighted by molar-refractivity contribution is 5.70. The quantitative estimate of drug-likeness (QED) is 0.415. The van der Waals surface area contributed by atoms with Gasteiger partial charge in [-0.15, -0.1) is 0 Å². The van der Waals surface area contributed by atoms with E-state index in [-0.39, 0.29) is 0 Å². The van der Waals surface area contributed by atoms with Crippen LogP contribution in [0.2, 0.25) is 0 Å². The summed E-state index contributed by atoms with van der Waals surface area (Å²) < 4.78 is 2.03. The summed E-state index contributed by atoms with van der Waals surface area (Å²) in [6, 6.07) is 0. The van der Waals surface area contributed by atoms with Crippen molar-refractivity contribution in [3.05, 3.63) is 0 Å². The number of nitrogens with zero attached hydrogens (tertiary/aromatic N) is 3. The van der Waals surface area contributed by atoms with Crippen LogP contribution >= 0.6 is 0 Å². The lowest BCUT2D eigenvalue weighted by Crippen LogP contribution is -2.49. The zero-order chi connectivity index (χ0) is 10.6. The van der Waals surface area contributed by atoms with Crippen molar-refractivity contribution in [3.63, 3.8) is 0 Å². The molecule has 1 saturated heterocycles. The Morgan fingerprint density at radius 2 is 1.86 bits per heavy atom. The topological polar surface area (TPSA) is 61.5 Å². The number of nitrogens with two attached hydrogens (primary N) is 2. The highest BCUT2D eigenvalue weighted by atomic mass is 15.3. The van der Waals surface area contributed by atoms with Gasteiger partial charge >= 0.3 is 5.96 Å². The summed E-state index contributed by atoms with van der Waals surface area (Å²) in [6.07, 6.45) is 0. The van der Waals surface area contributed by atoms with Gasteiger partial charge in [-0.2, -0.15) is 0 Å². The largest absolute Gasteiger partial charge is 0.341 e. The molecule has 1 fully saturated rings. The molecule has 82 valence electrons. The van der Waals surface area contributed by atoms with Crippen molar-refractivity contribution in [1.29, 1.82) is 0 Å². The highest BCUT2D eigenvalue weighted by Gasteiger charge is 2.16. The SMILES string of the molecule is CN(C)CCN1CC[N+](=C(N)N)CC1. The maximum atomic E-state index is 5.53. The molecule has 0 spiro atoms. The van der Waals surface area contributed by atoms with Crippen molar-refractivity contribution in [2.45, 2.75) is 0 Å². The summed E-state index contributed by atoms with van der Waals surface area (Å²) in [5.41, 5.74) is 11.1. The maximum Gasteiger partial charge on any atom is 0.341 e. The van der Waals surface area contributed by atoms with Gasteiger partial charge in [-0.25, -0.2) is 0 Å². The van der Waals surface area contributed by atoms with Gasteiger partial charge in [-0.3, -0.25) is 20.9 Å². The number of rotatable bonds is 3. The molecular weight excluding hydrogens is 178 g/mol. The summed E-state index contributed by atoms with van der Waals surface area (Å²) in [4.78, 5) is 4.65. The van der Waals surface area contributed by atoms with Crippen LogP contribution < -0.4 is 11.5 Å². The molecule has 0 atom stereocenters. The Morgan fingerprint density at radius 1 is 1.29 bits per heavy atom. The van der Waals surface area contributed by atoms with Crippen LogP contribution in [0.1, 0.15) is 0 Å². The molecule has 0 saturated carbocycles. The first-order valence-corrected chi connectivity index (χ1v) is 5.09. The summed E-state index contributed by atoms with van der Waals surface area (Å²) in [5.74, 6) is 0.456. The van der Waals surface area contributed by atoms with Crippen LogP contribution in [-0.4, -0.2) is 73.7 Å². The van der Waals surface area contributed by atoms with Gasteiger partial charge in [-0.05, 0) is 14.1 Å². The molecule has 1 rings (SSSR count). The van der Waals surface area contributed by atoms with Crippen LogP contribution in [0, 0.1) is 0 Å². The molecule has 0 aliphatic carbocycles. The molecule has 0 aromatic rings. The van der Waals surface area contributed by atoms with E-state index < -0.39 is 0 Å². The molecule has 5 nitrogen and oxygen atoms in total. The predicted molar refractivity (Wildman–Crippen MR) is 58.4 cm³/mol. The first kappa shape index (κ1) is 11.3. The third kappa shape index (κ3) is 3.51. The fourth-order valence-corrected chi connectivity index (χ4v) is 1.57. The summed E-state index contributed by atoms with van der Waals surface area (Å²) in [6.45, 7) is 6.27. The molecule has 4 N–H and O–H groups in total. The number of hydrogen-bond donors (Lipinski definition) is 2. The van der Waals surface area contributed by atoms with Crippen molar-refractivity contribution < 1.29 is 4.58 Å². The van der Waals surface area contributed by atoms with Crippen molar-refractivity contribution >= 4 is 5.96 Å². The van der Waals surface area contributed by atoms with E-state index in [2.05, 4.69) is 23.9 Å². The maximum absolute atomic E-state index is 5.53. The van der Waals surface area contributed by atoms with E-state index in [9.17, 15) is 0 Å². The fraction of sp³-hybridized carbons (Fsp3) is 0.889. The second-order valence-electron chi connectivity index (χ2n) is 4.06. The third-order valence-electron chi connectivity index (χ3n) is 2.60. The van der Waals surface area contributed by atoms with Crippen LogP contribution in [0.4, 0.5) is 0 Å². The highest BCUT2D eigenvalue weighted by Crippen LogP contribution is 1.96. The lowest BCUT2D eigenvalue weighted by Gasteiger charge is -2.28. The lowest BCUT2D eigenvalue weighted by molar-refractivity contribution is -0.541. The molecule has 0 aromatic heterocycles. The number of hydrogen-bond acceptors (Lipinski definition) is 2. The molecule has 0 bridgehead atoms. The zero-order valence-corrected chi connectivity index (χ0v) is 9.24. The van der Waals surface area contributed by atoms with Crippen LogP contribution in [0.25, 0.3) is 0 Å². The Kier molecular flexibility index (Phi) is 4.16. The molecule has 5 heteroatoms. The van der Waals surface area contributed by atoms with E-state index in [1.807, 2.05) is 4.58 Å². The fourth-order valence-electron chi connectivity index (χ4n) is 1.57. The molecule has 14 heavy (non-hydrogen) atoms. The summed E-state index contributed by atoms with van der Waals surface area (Å²) in [5, 5.41) is 0. The molecule has 0 unspecified atom stereocenters. The Hall–Kier alpha value is -0.810. The van der Waals surface area contributed by atoms with Crippen molar-refractivity contribution in [3.8, 4) is 0 Å². The van der Waals surface area contributed by atoms with E-state index in [1.54, 1.807) is 0 Å². The van der Waals surface area contributed by atoms with E-state index in [4.69, 9.17) is 11.5 Å². The average molecular weight is 200 g/mol. The molecule has 1 heterocycles. The predicted octanol–water partition coefficient (Wildman–Crippen LogP) is -1.85. The third-order valence-corrected chi connectivity index (χ3v) is 2.60. The number of piperazine rings is 1. The Balaban J connectivity index is 2.26. The summed E-state index contributed by atoms with van der Waals surface area (Å²) >= 11 is 0. The van der Waals surface area contributed by atoms with Crippen molar-refractivity contribution in [1.82, 2.24) is 9.80 Å². The number of guanidine groups is 1. The van der Waals surface area contributed by atoms with E-state index >= 15 is 0 Å². The van der Waals surface area contributed by atoms with Crippen molar-refractivity contribution in [2.24, 2.45) is 11.5 Å². The number of likely N-dealkylation sites (N-methyl/N-ethyl adjacent to an activating group) is 1. The smallest absolute Gasteiger partial charge is 0.308 e. The second kappa shape index (κ2) is 5.17. The van der Waals surface area contributed by atoms with Gasteiger partial charge in [-0.1, -0.05) is 0 Å². The Bertz CT molecular complexity index is 197. The standard InChI is InChI=1S/C9H21N5/c1-12(2)3-4-13-5-7-14(8-6-13)9(10)11/h3-8H2,1-2H3,(H3,10,11)/p+1. The van der Waals surface area contributed by atoms with Gasteiger partial charge in [0, 0.05) is 26.2 Å². The van der Waals surface area contributed by atoms with Gasteiger partial charge in [0.25, 0.3) is 0 Å². The molecular formula is C9H22N5+. The minimum atomic E-state index is 0.456. The van der Waals surface area contributed by atoms with Crippen LogP contribution in [0.5, 0.6) is 0 Å². The minimum Gasteiger partial charge on any atom is -0.308 e. The van der Waals surface area contributed by atoms with E-state index in [0.29, 0.717) is 5.96 Å². The first-order chi connectivity index (χ1) is 6.59. The zero-order valence-electron chi connectivity index (χ0n) is 9.24. The molecule has 0 radical (unpaired) electrons. The minimum absolute atomic E-state index is 0.456. The van der Waals surface area contributed by atoms with Gasteiger partial charge in [0.1, 0.15) is 0 Å². The first-order valence-electron chi connectivity index (χ1n) is 5.09. The summed E-state index contributed by atoms with van der Waals surface area (Å²) in [7, 11) is 4.20. The average Bonchev–Trinajstić information content (AvgIpc) is 2.15.